The van der Waals surface area contributed by atoms with Gasteiger partial charge in [-0.3, -0.25) is 9.59 Å². The highest BCUT2D eigenvalue weighted by atomic mass is 32.2. The molecule has 32 heavy (non-hydrogen) atoms. The minimum absolute atomic E-state index is 0.0832. The summed E-state index contributed by atoms with van der Waals surface area (Å²) in [6.07, 6.45) is 2.49. The Bertz CT molecular complexity index is 1140. The summed E-state index contributed by atoms with van der Waals surface area (Å²) < 4.78 is 47.2. The summed E-state index contributed by atoms with van der Waals surface area (Å²) in [6.45, 7) is 2.26. The van der Waals surface area contributed by atoms with E-state index in [0.29, 0.717) is 6.54 Å². The quantitative estimate of drug-likeness (QED) is 0.685. The number of nitrogens with zero attached hydrogens (tertiary/aromatic N) is 1. The third-order valence-corrected chi connectivity index (χ3v) is 7.49. The van der Waals surface area contributed by atoms with Gasteiger partial charge in [-0.15, -0.1) is 0 Å². The summed E-state index contributed by atoms with van der Waals surface area (Å²) in [5.74, 6) is -1.82. The van der Waals surface area contributed by atoms with Gasteiger partial charge < -0.3 is 15.4 Å². The van der Waals surface area contributed by atoms with Crippen LogP contribution in [0.2, 0.25) is 0 Å². The Morgan fingerprint density at radius 1 is 1.12 bits per heavy atom. The minimum Gasteiger partial charge on any atom is -0.495 e. The zero-order chi connectivity index (χ0) is 23.5. The average Bonchev–Trinajstić information content (AvgIpc) is 2.79. The van der Waals surface area contributed by atoms with Crippen molar-refractivity contribution in [2.24, 2.45) is 0 Å². The maximum Gasteiger partial charge on any atom is 0.255 e. The number of amides is 2. The standard InChI is InChI=1S/C22H26FN3O5S/c1-14-6-4-5-11-26(14)32(29,30)20-12-15(7-10-19(20)31-3)21(27)25-16-8-9-18(23)17(13-16)22(28)24-2/h7-10,12-14H,4-6,11H2,1-3H3,(H,24,28)(H,25,27). The molecule has 10 heteroatoms. The molecule has 1 saturated heterocycles. The number of benzene rings is 2. The number of carbonyl (C=O) groups excluding carboxylic acids is 2. The fraction of sp³-hybridized carbons (Fsp3) is 0.364. The second-order valence-electron chi connectivity index (χ2n) is 7.55. The molecule has 0 saturated carbocycles. The number of methoxy groups -OCH3 is 1. The molecule has 2 aromatic rings. The zero-order valence-corrected chi connectivity index (χ0v) is 19.0. The van der Waals surface area contributed by atoms with Crippen LogP contribution in [-0.2, 0) is 10.0 Å². The summed E-state index contributed by atoms with van der Waals surface area (Å²) in [5, 5.41) is 4.90. The molecule has 0 aliphatic carbocycles. The van der Waals surface area contributed by atoms with Gasteiger partial charge in [-0.05, 0) is 56.2 Å². The van der Waals surface area contributed by atoms with E-state index in [0.717, 1.165) is 25.3 Å². The van der Waals surface area contributed by atoms with Crippen LogP contribution < -0.4 is 15.4 Å². The molecule has 1 unspecified atom stereocenters. The predicted molar refractivity (Wildman–Crippen MR) is 118 cm³/mol. The molecule has 172 valence electrons. The van der Waals surface area contributed by atoms with E-state index < -0.39 is 27.7 Å². The highest BCUT2D eigenvalue weighted by Gasteiger charge is 2.33. The second-order valence-corrected chi connectivity index (χ2v) is 9.41. The summed E-state index contributed by atoms with van der Waals surface area (Å²) in [4.78, 5) is 24.5. The molecule has 2 aromatic carbocycles. The van der Waals surface area contributed by atoms with E-state index >= 15 is 0 Å². The number of halogens is 1. The number of nitrogens with one attached hydrogen (secondary N) is 2. The number of piperidine rings is 1. The van der Waals surface area contributed by atoms with Crippen LogP contribution in [0.4, 0.5) is 10.1 Å². The van der Waals surface area contributed by atoms with E-state index in [1.54, 1.807) is 0 Å². The van der Waals surface area contributed by atoms with E-state index in [4.69, 9.17) is 4.74 Å². The van der Waals surface area contributed by atoms with Crippen molar-refractivity contribution in [3.05, 3.63) is 53.3 Å². The van der Waals surface area contributed by atoms with Crippen molar-refractivity contribution in [3.63, 3.8) is 0 Å². The number of hydrogen-bond acceptors (Lipinski definition) is 5. The fourth-order valence-electron chi connectivity index (χ4n) is 3.69. The monoisotopic (exact) mass is 463 g/mol. The van der Waals surface area contributed by atoms with Gasteiger partial charge in [0.25, 0.3) is 11.8 Å². The van der Waals surface area contributed by atoms with E-state index in [-0.39, 0.29) is 33.5 Å². The number of carbonyl (C=O) groups is 2. The third kappa shape index (κ3) is 4.76. The van der Waals surface area contributed by atoms with Gasteiger partial charge in [-0.1, -0.05) is 6.42 Å². The van der Waals surface area contributed by atoms with Crippen LogP contribution in [0.3, 0.4) is 0 Å². The van der Waals surface area contributed by atoms with Crippen molar-refractivity contribution in [3.8, 4) is 5.75 Å². The molecule has 8 nitrogen and oxygen atoms in total. The predicted octanol–water partition coefficient (Wildman–Crippen LogP) is 3.01. The van der Waals surface area contributed by atoms with Crippen molar-refractivity contribution in [2.45, 2.75) is 37.1 Å². The first kappa shape index (κ1) is 23.7. The third-order valence-electron chi connectivity index (χ3n) is 5.45. The lowest BCUT2D eigenvalue weighted by Gasteiger charge is -2.32. The Morgan fingerprint density at radius 3 is 2.53 bits per heavy atom. The van der Waals surface area contributed by atoms with Crippen LogP contribution in [-0.4, -0.2) is 51.3 Å². The Kier molecular flexibility index (Phi) is 7.15. The maximum atomic E-state index is 13.9. The minimum atomic E-state index is -3.88. The number of hydrogen-bond donors (Lipinski definition) is 2. The van der Waals surface area contributed by atoms with Crippen LogP contribution in [0.25, 0.3) is 0 Å². The van der Waals surface area contributed by atoms with E-state index in [2.05, 4.69) is 10.6 Å². The van der Waals surface area contributed by atoms with Gasteiger partial charge >= 0.3 is 0 Å². The highest BCUT2D eigenvalue weighted by molar-refractivity contribution is 7.89. The lowest BCUT2D eigenvalue weighted by molar-refractivity contribution is 0.0957. The molecule has 0 spiro atoms. The van der Waals surface area contributed by atoms with Crippen LogP contribution >= 0.6 is 0 Å². The first-order chi connectivity index (χ1) is 15.2. The fourth-order valence-corrected chi connectivity index (χ4v) is 5.57. The molecule has 0 aromatic heterocycles. The Hall–Kier alpha value is -2.98. The number of sulfonamides is 1. The van der Waals surface area contributed by atoms with Crippen LogP contribution in [0, 0.1) is 5.82 Å². The lowest BCUT2D eigenvalue weighted by Crippen LogP contribution is -2.42. The van der Waals surface area contributed by atoms with Gasteiger partial charge in [0.1, 0.15) is 16.5 Å². The largest absolute Gasteiger partial charge is 0.495 e. The highest BCUT2D eigenvalue weighted by Crippen LogP contribution is 2.32. The topological polar surface area (TPSA) is 105 Å². The van der Waals surface area contributed by atoms with E-state index in [1.807, 2.05) is 6.92 Å². The summed E-state index contributed by atoms with van der Waals surface area (Å²) in [7, 11) is -1.15. The molecule has 1 atom stereocenters. The van der Waals surface area contributed by atoms with Crippen molar-refractivity contribution >= 4 is 27.5 Å². The number of ether oxygens (including phenoxy) is 1. The number of anilines is 1. The van der Waals surface area contributed by atoms with Gasteiger partial charge in [0.2, 0.25) is 10.0 Å². The zero-order valence-electron chi connectivity index (χ0n) is 18.1. The van der Waals surface area contributed by atoms with Gasteiger partial charge in [0, 0.05) is 30.9 Å². The van der Waals surface area contributed by atoms with Gasteiger partial charge in [0.05, 0.1) is 12.7 Å². The Morgan fingerprint density at radius 2 is 1.88 bits per heavy atom. The Balaban J connectivity index is 1.93. The average molecular weight is 464 g/mol. The summed E-state index contributed by atoms with van der Waals surface area (Å²) in [6, 6.07) is 7.58. The normalized spacial score (nSPS) is 16.9. The SMILES string of the molecule is CNC(=O)c1cc(NC(=O)c2ccc(OC)c(S(=O)(=O)N3CCCCC3C)c2)ccc1F. The smallest absolute Gasteiger partial charge is 0.255 e. The van der Waals surface area contributed by atoms with Crippen LogP contribution in [0.1, 0.15) is 46.9 Å². The molecule has 1 aliphatic rings. The van der Waals surface area contributed by atoms with Crippen molar-refractivity contribution < 1.29 is 27.1 Å². The molecule has 2 amide bonds. The van der Waals surface area contributed by atoms with Crippen LogP contribution in [0.5, 0.6) is 5.75 Å². The second kappa shape index (κ2) is 9.66. The molecular weight excluding hydrogens is 437 g/mol. The first-order valence-corrected chi connectivity index (χ1v) is 11.7. The van der Waals surface area contributed by atoms with E-state index in [1.165, 1.54) is 48.8 Å². The maximum absolute atomic E-state index is 13.9. The first-order valence-electron chi connectivity index (χ1n) is 10.2. The summed E-state index contributed by atoms with van der Waals surface area (Å²) >= 11 is 0. The number of rotatable bonds is 6. The molecule has 1 aliphatic heterocycles. The molecule has 1 fully saturated rings. The van der Waals surface area contributed by atoms with Crippen molar-refractivity contribution in [2.75, 3.05) is 26.0 Å². The Labute approximate surface area is 186 Å². The summed E-state index contributed by atoms with van der Waals surface area (Å²) in [5.41, 5.74) is 0.0575. The van der Waals surface area contributed by atoms with Gasteiger partial charge in [0.15, 0.2) is 0 Å². The molecule has 2 N–H and O–H groups in total. The molecular formula is C22H26FN3O5S. The van der Waals surface area contributed by atoms with Crippen LogP contribution in [0.15, 0.2) is 41.3 Å². The molecule has 0 radical (unpaired) electrons. The van der Waals surface area contributed by atoms with E-state index in [9.17, 15) is 22.4 Å². The molecule has 1 heterocycles. The molecule has 3 rings (SSSR count). The van der Waals surface area contributed by atoms with Gasteiger partial charge in [-0.25, -0.2) is 12.8 Å². The van der Waals surface area contributed by atoms with Crippen molar-refractivity contribution in [1.29, 1.82) is 0 Å². The molecule has 0 bridgehead atoms. The van der Waals surface area contributed by atoms with Crippen molar-refractivity contribution in [1.82, 2.24) is 9.62 Å². The van der Waals surface area contributed by atoms with Gasteiger partial charge in [-0.2, -0.15) is 4.31 Å². The lowest BCUT2D eigenvalue weighted by atomic mass is 10.1.